The molecule has 6 nitrogen and oxygen atoms in total. The molecule has 0 unspecified atom stereocenters. The Balaban J connectivity index is 1.60. The van der Waals surface area contributed by atoms with Gasteiger partial charge in [0, 0.05) is 30.7 Å². The van der Waals surface area contributed by atoms with Crippen LogP contribution in [0.2, 0.25) is 0 Å². The van der Waals surface area contributed by atoms with Crippen LogP contribution in [0.5, 0.6) is 0 Å². The van der Waals surface area contributed by atoms with Gasteiger partial charge in [0.1, 0.15) is 0 Å². The Labute approximate surface area is 211 Å². The molecule has 4 rings (SSSR count). The molecule has 0 saturated carbocycles. The highest BCUT2D eigenvalue weighted by atomic mass is 32.2. The molecule has 0 bridgehead atoms. The summed E-state index contributed by atoms with van der Waals surface area (Å²) in [5.41, 5.74) is 3.39. The summed E-state index contributed by atoms with van der Waals surface area (Å²) in [7, 11) is 3.89. The van der Waals surface area contributed by atoms with Gasteiger partial charge in [-0.3, -0.25) is 19.8 Å². The monoisotopic (exact) mass is 507 g/mol. The molecule has 3 aromatic carbocycles. The molecule has 0 atom stereocenters. The number of thiocarbonyl (C=S) groups is 1. The molecule has 9 heteroatoms. The largest absolute Gasteiger partial charge is 0.378 e. The molecule has 1 saturated heterocycles. The zero-order valence-electron chi connectivity index (χ0n) is 18.7. The lowest BCUT2D eigenvalue weighted by molar-refractivity contribution is -0.387. The fourth-order valence-corrected chi connectivity index (χ4v) is 5.53. The molecule has 1 aliphatic heterocycles. The zero-order valence-corrected chi connectivity index (χ0v) is 21.2. The molecule has 1 heterocycles. The van der Waals surface area contributed by atoms with Gasteiger partial charge in [-0.25, -0.2) is 0 Å². The Bertz CT molecular complexity index is 1300. The quantitative estimate of drug-likeness (QED) is 0.163. The Morgan fingerprint density at radius 3 is 2.35 bits per heavy atom. The third-order valence-electron chi connectivity index (χ3n) is 5.14. The minimum absolute atomic E-state index is 0.00548. The number of thioether (sulfide) groups is 1. The molecule has 0 spiro atoms. The molecule has 0 aliphatic carbocycles. The van der Waals surface area contributed by atoms with E-state index in [-0.39, 0.29) is 11.6 Å². The van der Waals surface area contributed by atoms with Crippen LogP contribution in [0.1, 0.15) is 11.1 Å². The number of amides is 1. The van der Waals surface area contributed by atoms with Crippen molar-refractivity contribution in [1.29, 1.82) is 0 Å². The van der Waals surface area contributed by atoms with Crippen molar-refractivity contribution < 1.29 is 9.72 Å². The van der Waals surface area contributed by atoms with Crippen LogP contribution in [0.3, 0.4) is 0 Å². The first-order valence-corrected chi connectivity index (χ1v) is 12.4. The second kappa shape index (κ2) is 10.0. The molecule has 0 radical (unpaired) electrons. The number of nitrogens with zero attached hydrogens (tertiary/aromatic N) is 3. The van der Waals surface area contributed by atoms with Crippen molar-refractivity contribution in [2.75, 3.05) is 23.9 Å². The van der Waals surface area contributed by atoms with Crippen molar-refractivity contribution in [3.8, 4) is 0 Å². The third kappa shape index (κ3) is 5.16. The van der Waals surface area contributed by atoms with Crippen molar-refractivity contribution in [3.05, 3.63) is 92.9 Å². The van der Waals surface area contributed by atoms with E-state index in [0.717, 1.165) is 16.1 Å². The second-order valence-corrected chi connectivity index (χ2v) is 10.6. The van der Waals surface area contributed by atoms with Gasteiger partial charge >= 0.3 is 0 Å². The highest BCUT2D eigenvalue weighted by Gasteiger charge is 2.33. The molecular weight excluding hydrogens is 486 g/mol. The average molecular weight is 508 g/mol. The summed E-state index contributed by atoms with van der Waals surface area (Å²) in [5.74, 6) is -0.242. The van der Waals surface area contributed by atoms with Crippen LogP contribution in [-0.2, 0) is 4.79 Å². The molecule has 172 valence electrons. The topological polar surface area (TPSA) is 66.7 Å². The Hall–Kier alpha value is -3.14. The number of rotatable bonds is 6. The van der Waals surface area contributed by atoms with E-state index in [1.807, 2.05) is 74.4 Å². The van der Waals surface area contributed by atoms with Crippen LogP contribution in [0.4, 0.5) is 17.1 Å². The van der Waals surface area contributed by atoms with E-state index in [1.165, 1.54) is 34.5 Å². The van der Waals surface area contributed by atoms with Gasteiger partial charge in [0.05, 0.1) is 20.4 Å². The molecule has 34 heavy (non-hydrogen) atoms. The number of hydrogen-bond acceptors (Lipinski definition) is 7. The van der Waals surface area contributed by atoms with E-state index in [1.54, 1.807) is 18.2 Å². The Morgan fingerprint density at radius 2 is 1.74 bits per heavy atom. The predicted molar refractivity (Wildman–Crippen MR) is 145 cm³/mol. The highest BCUT2D eigenvalue weighted by Crippen LogP contribution is 2.39. The summed E-state index contributed by atoms with van der Waals surface area (Å²) in [6, 6.07) is 20.4. The molecule has 1 aliphatic rings. The summed E-state index contributed by atoms with van der Waals surface area (Å²) < 4.78 is 0.426. The number of benzene rings is 3. The number of carbonyl (C=O) groups is 1. The normalized spacial score (nSPS) is 14.7. The molecular formula is C25H21N3O3S3. The van der Waals surface area contributed by atoms with Crippen LogP contribution in [0, 0.1) is 17.0 Å². The van der Waals surface area contributed by atoms with Crippen molar-refractivity contribution in [1.82, 2.24) is 0 Å². The first-order valence-electron chi connectivity index (χ1n) is 10.3. The smallest absolute Gasteiger partial charge is 0.283 e. The van der Waals surface area contributed by atoms with E-state index >= 15 is 0 Å². The zero-order chi connectivity index (χ0) is 24.4. The highest BCUT2D eigenvalue weighted by molar-refractivity contribution is 8.27. The van der Waals surface area contributed by atoms with E-state index in [2.05, 4.69) is 0 Å². The van der Waals surface area contributed by atoms with E-state index in [0.29, 0.717) is 25.4 Å². The molecule has 1 amide bonds. The van der Waals surface area contributed by atoms with E-state index < -0.39 is 4.92 Å². The van der Waals surface area contributed by atoms with Crippen LogP contribution in [0.15, 0.2) is 81.4 Å². The first-order chi connectivity index (χ1) is 16.2. The van der Waals surface area contributed by atoms with Gasteiger partial charge in [0.15, 0.2) is 4.32 Å². The fraction of sp³-hybridized carbons (Fsp3) is 0.120. The number of aryl methyl sites for hydroxylation is 1. The molecule has 3 aromatic rings. The minimum Gasteiger partial charge on any atom is -0.378 e. The average Bonchev–Trinajstić information content (AvgIpc) is 3.08. The van der Waals surface area contributed by atoms with E-state index in [4.69, 9.17) is 12.2 Å². The number of anilines is 2. The summed E-state index contributed by atoms with van der Waals surface area (Å²) in [5, 5.41) is 11.8. The fourth-order valence-electron chi connectivity index (χ4n) is 3.33. The van der Waals surface area contributed by atoms with Crippen molar-refractivity contribution >= 4 is 69.1 Å². The van der Waals surface area contributed by atoms with Crippen LogP contribution >= 0.6 is 35.7 Å². The Kier molecular flexibility index (Phi) is 7.06. The summed E-state index contributed by atoms with van der Waals surface area (Å²) in [6.45, 7) is 1.99. The van der Waals surface area contributed by atoms with Crippen LogP contribution < -0.4 is 9.80 Å². The first kappa shape index (κ1) is 24.0. The lowest BCUT2D eigenvalue weighted by Crippen LogP contribution is -2.27. The molecule has 1 fully saturated rings. The SMILES string of the molecule is Cc1ccc(Sc2ccc(/C=C3\SC(=S)N(c4ccc(N(C)C)cc4)C3=O)cc2[N+](=O)[O-])cc1. The maximum Gasteiger partial charge on any atom is 0.283 e. The van der Waals surface area contributed by atoms with Gasteiger partial charge in [-0.05, 0) is 61.0 Å². The minimum atomic E-state index is -0.397. The number of nitro groups is 1. The lowest BCUT2D eigenvalue weighted by Gasteiger charge is -2.17. The number of carbonyl (C=O) groups excluding carboxylic acids is 1. The van der Waals surface area contributed by atoms with Gasteiger partial charge in [-0.15, -0.1) is 0 Å². The number of hydrogen-bond donors (Lipinski definition) is 0. The maximum absolute atomic E-state index is 13.1. The van der Waals surface area contributed by atoms with Gasteiger partial charge < -0.3 is 4.90 Å². The maximum atomic E-state index is 13.1. The molecule has 0 N–H and O–H groups in total. The van der Waals surface area contributed by atoms with Crippen LogP contribution in [0.25, 0.3) is 6.08 Å². The van der Waals surface area contributed by atoms with Crippen molar-refractivity contribution in [2.45, 2.75) is 16.7 Å². The standard InChI is InChI=1S/C25H21N3O3S3/c1-16-4-11-20(12-5-16)33-22-13-6-17(14-21(22)28(30)31)15-23-24(29)27(25(32)34-23)19-9-7-18(8-10-19)26(2)3/h4-15H,1-3H3/b23-15-. The van der Waals surface area contributed by atoms with Crippen LogP contribution in [-0.4, -0.2) is 29.2 Å². The predicted octanol–water partition coefficient (Wildman–Crippen LogP) is 6.53. The molecule has 0 aromatic heterocycles. The second-order valence-electron chi connectivity index (χ2n) is 7.83. The Morgan fingerprint density at radius 1 is 1.06 bits per heavy atom. The third-order valence-corrected chi connectivity index (χ3v) is 7.52. The lowest BCUT2D eigenvalue weighted by atomic mass is 10.2. The van der Waals surface area contributed by atoms with Gasteiger partial charge in [0.2, 0.25) is 0 Å². The summed E-state index contributed by atoms with van der Waals surface area (Å²) in [6.07, 6.45) is 1.65. The number of nitro benzene ring substituents is 1. The van der Waals surface area contributed by atoms with Gasteiger partial charge in [-0.2, -0.15) is 0 Å². The summed E-state index contributed by atoms with van der Waals surface area (Å²) in [4.78, 5) is 29.8. The van der Waals surface area contributed by atoms with Crippen molar-refractivity contribution in [3.63, 3.8) is 0 Å². The van der Waals surface area contributed by atoms with Gasteiger partial charge in [-0.1, -0.05) is 59.5 Å². The van der Waals surface area contributed by atoms with Gasteiger partial charge in [0.25, 0.3) is 11.6 Å². The summed E-state index contributed by atoms with van der Waals surface area (Å²) >= 11 is 7.98. The van der Waals surface area contributed by atoms with Crippen molar-refractivity contribution in [2.24, 2.45) is 0 Å². The van der Waals surface area contributed by atoms with E-state index in [9.17, 15) is 14.9 Å².